The third kappa shape index (κ3) is 3.75. The number of hydrogen-bond acceptors (Lipinski definition) is 5. The summed E-state index contributed by atoms with van der Waals surface area (Å²) in [6.45, 7) is 2.94. The molecule has 3 nitrogen and oxygen atoms in total. The molecule has 0 atom stereocenters. The monoisotopic (exact) mass is 311 g/mol. The quantitative estimate of drug-likeness (QED) is 0.501. The lowest BCUT2D eigenvalue weighted by atomic mass is 10.3. The van der Waals surface area contributed by atoms with E-state index in [1.165, 1.54) is 4.88 Å². The summed E-state index contributed by atoms with van der Waals surface area (Å²) in [5.41, 5.74) is 0. The number of halogens is 1. The standard InChI is InChI=1S/C13H14ClN3S2/c1-3-6-18-7-5-15-11-10-8-9(4-2)19-12(10)17-13(14)16-11/h1,8H,4-7H2,2H3,(H,15,16,17). The maximum absolute atomic E-state index is 5.95. The molecule has 0 aliphatic heterocycles. The van der Waals surface area contributed by atoms with Crippen molar-refractivity contribution >= 4 is 50.7 Å². The average molecular weight is 312 g/mol. The van der Waals surface area contributed by atoms with E-state index in [2.05, 4.69) is 34.2 Å². The van der Waals surface area contributed by atoms with Gasteiger partial charge in [0.1, 0.15) is 10.6 Å². The number of fused-ring (bicyclic) bond motifs is 1. The van der Waals surface area contributed by atoms with E-state index in [0.717, 1.165) is 40.5 Å². The molecule has 0 saturated carbocycles. The van der Waals surface area contributed by atoms with Crippen LogP contribution in [-0.2, 0) is 6.42 Å². The number of terminal acetylenes is 1. The molecule has 0 radical (unpaired) electrons. The minimum absolute atomic E-state index is 0.288. The van der Waals surface area contributed by atoms with Gasteiger partial charge in [-0.3, -0.25) is 0 Å². The summed E-state index contributed by atoms with van der Waals surface area (Å²) in [5, 5.41) is 4.64. The van der Waals surface area contributed by atoms with Crippen LogP contribution in [0.3, 0.4) is 0 Å². The van der Waals surface area contributed by atoms with Crippen LogP contribution in [0.1, 0.15) is 11.8 Å². The number of nitrogens with zero attached hydrogens (tertiary/aromatic N) is 2. The van der Waals surface area contributed by atoms with Crippen molar-refractivity contribution in [3.05, 3.63) is 16.2 Å². The summed E-state index contributed by atoms with van der Waals surface area (Å²) < 4.78 is 0. The van der Waals surface area contributed by atoms with Gasteiger partial charge in [0, 0.05) is 17.2 Å². The Morgan fingerprint density at radius 1 is 1.53 bits per heavy atom. The zero-order valence-electron chi connectivity index (χ0n) is 10.6. The average Bonchev–Trinajstić information content (AvgIpc) is 2.81. The first-order valence-electron chi connectivity index (χ1n) is 5.95. The fraction of sp³-hybridized carbons (Fsp3) is 0.385. The fourth-order valence-electron chi connectivity index (χ4n) is 1.63. The lowest BCUT2D eigenvalue weighted by Gasteiger charge is -2.06. The molecule has 0 aliphatic rings. The number of aromatic nitrogens is 2. The zero-order chi connectivity index (χ0) is 13.7. The minimum Gasteiger partial charge on any atom is -0.369 e. The van der Waals surface area contributed by atoms with Crippen LogP contribution in [0.2, 0.25) is 5.28 Å². The molecular weight excluding hydrogens is 298 g/mol. The largest absolute Gasteiger partial charge is 0.369 e. The van der Waals surface area contributed by atoms with E-state index in [0.29, 0.717) is 0 Å². The summed E-state index contributed by atoms with van der Waals surface area (Å²) in [5.74, 6) is 5.10. The molecule has 0 fully saturated rings. The molecule has 0 aliphatic carbocycles. The second-order valence-corrected chi connectivity index (χ2v) is 6.37. The van der Waals surface area contributed by atoms with Crippen LogP contribution in [0.15, 0.2) is 6.07 Å². The van der Waals surface area contributed by atoms with E-state index in [1.54, 1.807) is 23.1 Å². The molecular formula is C13H14ClN3S2. The van der Waals surface area contributed by atoms with E-state index in [9.17, 15) is 0 Å². The van der Waals surface area contributed by atoms with Crippen molar-refractivity contribution in [1.82, 2.24) is 9.97 Å². The summed E-state index contributed by atoms with van der Waals surface area (Å²) in [4.78, 5) is 10.8. The predicted octanol–water partition coefficient (Wildman–Crippen LogP) is 3.69. The molecule has 2 aromatic rings. The number of thioether (sulfide) groups is 1. The minimum atomic E-state index is 0.288. The molecule has 0 spiro atoms. The molecule has 0 aromatic carbocycles. The van der Waals surface area contributed by atoms with Crippen molar-refractivity contribution in [2.45, 2.75) is 13.3 Å². The third-order valence-corrected chi connectivity index (χ3v) is 4.70. The smallest absolute Gasteiger partial charge is 0.225 e. The second-order valence-electron chi connectivity index (χ2n) is 3.81. The van der Waals surface area contributed by atoms with Crippen LogP contribution in [0.5, 0.6) is 0 Å². The van der Waals surface area contributed by atoms with Gasteiger partial charge in [-0.1, -0.05) is 12.8 Å². The highest BCUT2D eigenvalue weighted by Crippen LogP contribution is 2.30. The van der Waals surface area contributed by atoms with Crippen molar-refractivity contribution in [2.24, 2.45) is 0 Å². The number of anilines is 1. The predicted molar refractivity (Wildman–Crippen MR) is 86.5 cm³/mol. The van der Waals surface area contributed by atoms with Gasteiger partial charge in [-0.25, -0.2) is 9.97 Å². The van der Waals surface area contributed by atoms with E-state index >= 15 is 0 Å². The molecule has 100 valence electrons. The van der Waals surface area contributed by atoms with Crippen molar-refractivity contribution in [3.63, 3.8) is 0 Å². The number of rotatable bonds is 6. The molecule has 0 bridgehead atoms. The van der Waals surface area contributed by atoms with Gasteiger partial charge in [-0.15, -0.1) is 29.5 Å². The Hall–Kier alpha value is -0.960. The van der Waals surface area contributed by atoms with Crippen LogP contribution in [-0.4, -0.2) is 28.0 Å². The molecule has 2 rings (SSSR count). The van der Waals surface area contributed by atoms with Crippen LogP contribution in [0, 0.1) is 12.3 Å². The van der Waals surface area contributed by atoms with Gasteiger partial charge in [0.15, 0.2) is 0 Å². The summed E-state index contributed by atoms with van der Waals surface area (Å²) in [6.07, 6.45) is 6.20. The Morgan fingerprint density at radius 3 is 3.11 bits per heavy atom. The molecule has 0 amide bonds. The molecule has 2 aromatic heterocycles. The van der Waals surface area contributed by atoms with Gasteiger partial charge in [0.2, 0.25) is 5.28 Å². The van der Waals surface area contributed by atoms with Crippen LogP contribution < -0.4 is 5.32 Å². The third-order valence-electron chi connectivity index (χ3n) is 2.49. The molecule has 2 heterocycles. The maximum atomic E-state index is 5.95. The molecule has 6 heteroatoms. The van der Waals surface area contributed by atoms with E-state index in [1.807, 2.05) is 0 Å². The van der Waals surface area contributed by atoms with Crippen molar-refractivity contribution < 1.29 is 0 Å². The first kappa shape index (κ1) is 14.4. The van der Waals surface area contributed by atoms with E-state index < -0.39 is 0 Å². The maximum Gasteiger partial charge on any atom is 0.225 e. The summed E-state index contributed by atoms with van der Waals surface area (Å²) in [6, 6.07) is 2.13. The number of hydrogen-bond donors (Lipinski definition) is 1. The van der Waals surface area contributed by atoms with E-state index in [4.69, 9.17) is 18.0 Å². The van der Waals surface area contributed by atoms with Gasteiger partial charge in [-0.05, 0) is 24.1 Å². The highest BCUT2D eigenvalue weighted by Gasteiger charge is 2.10. The topological polar surface area (TPSA) is 37.8 Å². The van der Waals surface area contributed by atoms with Crippen molar-refractivity contribution in [1.29, 1.82) is 0 Å². The first-order valence-corrected chi connectivity index (χ1v) is 8.30. The van der Waals surface area contributed by atoms with Crippen molar-refractivity contribution in [2.75, 3.05) is 23.4 Å². The van der Waals surface area contributed by atoms with Gasteiger partial charge in [-0.2, -0.15) is 0 Å². The van der Waals surface area contributed by atoms with Gasteiger partial charge < -0.3 is 5.32 Å². The Kier molecular flexibility index (Phi) is 5.32. The molecule has 1 N–H and O–H groups in total. The molecule has 19 heavy (non-hydrogen) atoms. The van der Waals surface area contributed by atoms with Crippen LogP contribution in [0.25, 0.3) is 10.2 Å². The van der Waals surface area contributed by atoms with Crippen molar-refractivity contribution in [3.8, 4) is 12.3 Å². The molecule has 0 saturated heterocycles. The fourth-order valence-corrected chi connectivity index (χ4v) is 3.32. The normalized spacial score (nSPS) is 10.6. The number of thiophene rings is 1. The van der Waals surface area contributed by atoms with Gasteiger partial charge in [0.05, 0.1) is 11.1 Å². The Bertz CT molecular complexity index is 604. The summed E-state index contributed by atoms with van der Waals surface area (Å²) >= 11 is 9.34. The zero-order valence-corrected chi connectivity index (χ0v) is 13.0. The van der Waals surface area contributed by atoms with Gasteiger partial charge in [0.25, 0.3) is 0 Å². The summed E-state index contributed by atoms with van der Waals surface area (Å²) in [7, 11) is 0. The van der Waals surface area contributed by atoms with Crippen LogP contribution >= 0.6 is 34.7 Å². The van der Waals surface area contributed by atoms with E-state index in [-0.39, 0.29) is 5.28 Å². The SMILES string of the molecule is C#CCSCCNc1nc(Cl)nc2sc(CC)cc12. The Morgan fingerprint density at radius 2 is 2.37 bits per heavy atom. The number of nitrogens with one attached hydrogen (secondary N) is 1. The lowest BCUT2D eigenvalue weighted by Crippen LogP contribution is -2.06. The first-order chi connectivity index (χ1) is 9.24. The Labute approximate surface area is 126 Å². The van der Waals surface area contributed by atoms with Gasteiger partial charge >= 0.3 is 0 Å². The highest BCUT2D eigenvalue weighted by atomic mass is 35.5. The number of aryl methyl sites for hydroxylation is 1. The highest BCUT2D eigenvalue weighted by molar-refractivity contribution is 7.99. The lowest BCUT2D eigenvalue weighted by molar-refractivity contribution is 1.15. The molecule has 0 unspecified atom stereocenters. The second kappa shape index (κ2) is 6.99. The van der Waals surface area contributed by atoms with Crippen LogP contribution in [0.4, 0.5) is 5.82 Å². The Balaban J connectivity index is 2.12.